The summed E-state index contributed by atoms with van der Waals surface area (Å²) in [5, 5.41) is 4.21. The van der Waals surface area contributed by atoms with Gasteiger partial charge in [-0.2, -0.15) is 0 Å². The average Bonchev–Trinajstić information content (AvgIpc) is 2.41. The minimum atomic E-state index is 0.411. The molecule has 0 amide bonds. The molecule has 0 aromatic heterocycles. The lowest BCUT2D eigenvalue weighted by molar-refractivity contribution is 0.259. The second-order valence-corrected chi connectivity index (χ2v) is 5.46. The van der Waals surface area contributed by atoms with Crippen LogP contribution in [0.5, 0.6) is 0 Å². The lowest BCUT2D eigenvalue weighted by Crippen LogP contribution is -2.29. The van der Waals surface area contributed by atoms with Crippen LogP contribution in [0.2, 0.25) is 5.02 Å². The summed E-state index contributed by atoms with van der Waals surface area (Å²) in [4.78, 5) is 2.56. The monoisotopic (exact) mass is 282 g/mol. The Hall–Kier alpha value is -0.570. The van der Waals surface area contributed by atoms with Crippen molar-refractivity contribution in [1.29, 1.82) is 0 Å². The third-order valence-corrected chi connectivity index (χ3v) is 3.69. The Kier molecular flexibility index (Phi) is 8.11. The lowest BCUT2D eigenvalue weighted by Gasteiger charge is -2.24. The van der Waals surface area contributed by atoms with Crippen LogP contribution < -0.4 is 5.32 Å². The van der Waals surface area contributed by atoms with Crippen molar-refractivity contribution in [2.45, 2.75) is 39.2 Å². The highest BCUT2D eigenvalue weighted by Crippen LogP contribution is 2.19. The van der Waals surface area contributed by atoms with Gasteiger partial charge in [0, 0.05) is 11.1 Å². The van der Waals surface area contributed by atoms with E-state index in [4.69, 9.17) is 11.6 Å². The van der Waals surface area contributed by atoms with E-state index in [2.05, 4.69) is 36.2 Å². The molecule has 1 N–H and O–H groups in total. The fourth-order valence-electron chi connectivity index (χ4n) is 2.45. The third kappa shape index (κ3) is 5.94. The van der Waals surface area contributed by atoms with Crippen LogP contribution in [0.4, 0.5) is 0 Å². The molecule has 0 saturated carbocycles. The first kappa shape index (κ1) is 16.5. The van der Waals surface area contributed by atoms with E-state index in [-0.39, 0.29) is 0 Å². The van der Waals surface area contributed by atoms with Gasteiger partial charge in [-0.25, -0.2) is 0 Å². The van der Waals surface area contributed by atoms with E-state index in [1.165, 1.54) is 31.5 Å². The van der Waals surface area contributed by atoms with E-state index in [0.29, 0.717) is 6.04 Å². The van der Waals surface area contributed by atoms with Crippen LogP contribution >= 0.6 is 11.6 Å². The molecule has 1 aromatic carbocycles. The standard InChI is InChI=1S/C16H27ClN2/c1-4-11-19(12-5-2)13-10-16(18-3)14-6-8-15(17)9-7-14/h6-9,16,18H,4-5,10-13H2,1-3H3. The highest BCUT2D eigenvalue weighted by atomic mass is 35.5. The van der Waals surface area contributed by atoms with Gasteiger partial charge in [-0.1, -0.05) is 37.6 Å². The highest BCUT2D eigenvalue weighted by molar-refractivity contribution is 6.30. The molecule has 1 atom stereocenters. The van der Waals surface area contributed by atoms with Gasteiger partial charge in [0.1, 0.15) is 0 Å². The first-order valence-corrected chi connectivity index (χ1v) is 7.74. The van der Waals surface area contributed by atoms with Crippen molar-refractivity contribution < 1.29 is 0 Å². The van der Waals surface area contributed by atoms with Crippen molar-refractivity contribution in [2.75, 3.05) is 26.7 Å². The zero-order valence-electron chi connectivity index (χ0n) is 12.5. The van der Waals surface area contributed by atoms with Crippen molar-refractivity contribution in [3.8, 4) is 0 Å². The third-order valence-electron chi connectivity index (χ3n) is 3.43. The molecule has 0 aliphatic carbocycles. The summed E-state index contributed by atoms with van der Waals surface area (Å²) in [6.45, 7) is 8.04. The van der Waals surface area contributed by atoms with E-state index >= 15 is 0 Å². The van der Waals surface area contributed by atoms with Crippen LogP contribution in [0.1, 0.15) is 44.7 Å². The molecule has 0 bridgehead atoms. The Morgan fingerprint density at radius 2 is 1.63 bits per heavy atom. The predicted octanol–water partition coefficient (Wildman–Crippen LogP) is 4.11. The van der Waals surface area contributed by atoms with Gasteiger partial charge >= 0.3 is 0 Å². The molecule has 0 fully saturated rings. The van der Waals surface area contributed by atoms with Crippen LogP contribution in [0.25, 0.3) is 0 Å². The van der Waals surface area contributed by atoms with Gasteiger partial charge in [0.15, 0.2) is 0 Å². The Balaban J connectivity index is 2.53. The second kappa shape index (κ2) is 9.35. The van der Waals surface area contributed by atoms with Gasteiger partial charge in [-0.05, 0) is 63.6 Å². The van der Waals surface area contributed by atoms with Crippen molar-refractivity contribution in [3.05, 3.63) is 34.9 Å². The molecule has 0 aliphatic rings. The molecule has 19 heavy (non-hydrogen) atoms. The van der Waals surface area contributed by atoms with Gasteiger partial charge < -0.3 is 10.2 Å². The smallest absolute Gasteiger partial charge is 0.0406 e. The molecule has 0 spiro atoms. The SMILES string of the molecule is CCCN(CCC)CCC(NC)c1ccc(Cl)cc1. The first-order chi connectivity index (χ1) is 9.21. The van der Waals surface area contributed by atoms with Gasteiger partial charge in [0.05, 0.1) is 0 Å². The normalized spacial score (nSPS) is 12.9. The van der Waals surface area contributed by atoms with Crippen molar-refractivity contribution in [1.82, 2.24) is 10.2 Å². The minimum Gasteiger partial charge on any atom is -0.313 e. The van der Waals surface area contributed by atoms with Crippen LogP contribution in [0.15, 0.2) is 24.3 Å². The molecule has 108 valence electrons. The van der Waals surface area contributed by atoms with E-state index in [1.54, 1.807) is 0 Å². The topological polar surface area (TPSA) is 15.3 Å². The van der Waals surface area contributed by atoms with Crippen LogP contribution in [0.3, 0.4) is 0 Å². The maximum atomic E-state index is 5.94. The maximum Gasteiger partial charge on any atom is 0.0406 e. The Morgan fingerprint density at radius 1 is 1.05 bits per heavy atom. The fourth-order valence-corrected chi connectivity index (χ4v) is 2.58. The number of hydrogen-bond donors (Lipinski definition) is 1. The summed E-state index contributed by atoms with van der Waals surface area (Å²) in [7, 11) is 2.03. The molecule has 0 aliphatic heterocycles. The van der Waals surface area contributed by atoms with Gasteiger partial charge in [-0.3, -0.25) is 0 Å². The fraction of sp³-hybridized carbons (Fsp3) is 0.625. The van der Waals surface area contributed by atoms with Crippen LogP contribution in [-0.2, 0) is 0 Å². The van der Waals surface area contributed by atoms with Crippen molar-refractivity contribution in [2.24, 2.45) is 0 Å². The van der Waals surface area contributed by atoms with E-state index in [9.17, 15) is 0 Å². The largest absolute Gasteiger partial charge is 0.313 e. The molecule has 1 aromatic rings. The molecule has 1 unspecified atom stereocenters. The van der Waals surface area contributed by atoms with Crippen molar-refractivity contribution in [3.63, 3.8) is 0 Å². The lowest BCUT2D eigenvalue weighted by atomic mass is 10.0. The number of rotatable bonds is 9. The van der Waals surface area contributed by atoms with Crippen LogP contribution in [-0.4, -0.2) is 31.6 Å². The molecule has 1 rings (SSSR count). The predicted molar refractivity (Wildman–Crippen MR) is 84.9 cm³/mol. The zero-order chi connectivity index (χ0) is 14.1. The molecule has 0 radical (unpaired) electrons. The maximum absolute atomic E-state index is 5.94. The number of hydrogen-bond acceptors (Lipinski definition) is 2. The summed E-state index contributed by atoms with van der Waals surface area (Å²) >= 11 is 5.94. The summed E-state index contributed by atoms with van der Waals surface area (Å²) in [5.41, 5.74) is 1.32. The number of halogens is 1. The zero-order valence-corrected chi connectivity index (χ0v) is 13.2. The molecule has 2 nitrogen and oxygen atoms in total. The summed E-state index contributed by atoms with van der Waals surface area (Å²) < 4.78 is 0. The molecular formula is C16H27ClN2. The molecular weight excluding hydrogens is 256 g/mol. The van der Waals surface area contributed by atoms with E-state index in [0.717, 1.165) is 18.0 Å². The minimum absolute atomic E-state index is 0.411. The second-order valence-electron chi connectivity index (χ2n) is 5.02. The summed E-state index contributed by atoms with van der Waals surface area (Å²) in [6.07, 6.45) is 3.59. The van der Waals surface area contributed by atoms with Crippen LogP contribution in [0, 0.1) is 0 Å². The Labute approximate surface area is 123 Å². The van der Waals surface area contributed by atoms with Gasteiger partial charge in [-0.15, -0.1) is 0 Å². The quantitative estimate of drug-likeness (QED) is 0.733. The molecule has 0 heterocycles. The summed E-state index contributed by atoms with van der Waals surface area (Å²) in [5.74, 6) is 0. The van der Waals surface area contributed by atoms with Gasteiger partial charge in [0.2, 0.25) is 0 Å². The van der Waals surface area contributed by atoms with E-state index < -0.39 is 0 Å². The number of benzene rings is 1. The Bertz CT molecular complexity index is 331. The molecule has 3 heteroatoms. The number of nitrogens with zero attached hydrogens (tertiary/aromatic N) is 1. The highest BCUT2D eigenvalue weighted by Gasteiger charge is 2.11. The van der Waals surface area contributed by atoms with Gasteiger partial charge in [0.25, 0.3) is 0 Å². The average molecular weight is 283 g/mol. The first-order valence-electron chi connectivity index (χ1n) is 7.36. The number of nitrogens with one attached hydrogen (secondary N) is 1. The molecule has 0 saturated heterocycles. The van der Waals surface area contributed by atoms with Crippen molar-refractivity contribution >= 4 is 11.6 Å². The summed E-state index contributed by atoms with van der Waals surface area (Å²) in [6, 6.07) is 8.59. The Morgan fingerprint density at radius 3 is 2.11 bits per heavy atom. The van der Waals surface area contributed by atoms with E-state index in [1.807, 2.05) is 19.2 Å².